The van der Waals surface area contributed by atoms with E-state index < -0.39 is 0 Å². The van der Waals surface area contributed by atoms with Gasteiger partial charge in [-0.25, -0.2) is 0 Å². The second kappa shape index (κ2) is 11.0. The van der Waals surface area contributed by atoms with Gasteiger partial charge in [0.05, 0.1) is 0 Å². The van der Waals surface area contributed by atoms with Crippen molar-refractivity contribution >= 4 is 70.1 Å². The first-order chi connectivity index (χ1) is 22.8. The van der Waals surface area contributed by atoms with E-state index in [2.05, 4.69) is 181 Å². The molecule has 46 heavy (non-hydrogen) atoms. The molecule has 216 valence electrons. The Morgan fingerprint density at radius 3 is 1.57 bits per heavy atom. The lowest BCUT2D eigenvalue weighted by Gasteiger charge is -2.26. The first-order valence-electron chi connectivity index (χ1n) is 15.7. The van der Waals surface area contributed by atoms with Gasteiger partial charge in [0.1, 0.15) is 0 Å². The number of rotatable bonds is 5. The number of hydrogen-bond acceptors (Lipinski definition) is 2. The van der Waals surface area contributed by atoms with Gasteiger partial charge in [0.15, 0.2) is 0 Å². The zero-order valence-electron chi connectivity index (χ0n) is 25.1. The highest BCUT2D eigenvalue weighted by Gasteiger charge is 2.14. The smallest absolute Gasteiger partial charge is 0.0462 e. The normalized spacial score (nSPS) is 11.5. The molecule has 0 radical (unpaired) electrons. The third-order valence-corrected chi connectivity index (χ3v) is 10.2. The van der Waals surface area contributed by atoms with Gasteiger partial charge < -0.3 is 4.90 Å². The van der Waals surface area contributed by atoms with Gasteiger partial charge in [-0.1, -0.05) is 115 Å². The molecule has 1 heterocycles. The molecule has 0 spiro atoms. The van der Waals surface area contributed by atoms with E-state index in [1.165, 1.54) is 64.0 Å². The summed E-state index contributed by atoms with van der Waals surface area (Å²) in [5, 5.41) is 7.86. The number of fused-ring (bicyclic) bond motifs is 6. The van der Waals surface area contributed by atoms with Gasteiger partial charge in [-0.3, -0.25) is 0 Å². The van der Waals surface area contributed by atoms with E-state index in [0.29, 0.717) is 0 Å². The van der Waals surface area contributed by atoms with Crippen LogP contribution in [0, 0.1) is 0 Å². The lowest BCUT2D eigenvalue weighted by atomic mass is 9.96. The lowest BCUT2D eigenvalue weighted by molar-refractivity contribution is 1.28. The molecule has 8 aromatic carbocycles. The van der Waals surface area contributed by atoms with Crippen molar-refractivity contribution in [2.24, 2.45) is 0 Å². The Bertz CT molecular complexity index is 2490. The average molecular weight is 604 g/mol. The molecule has 0 N–H and O–H groups in total. The summed E-state index contributed by atoms with van der Waals surface area (Å²) in [6.07, 6.45) is 0. The quantitative estimate of drug-likeness (QED) is 0.177. The number of thiophene rings is 1. The van der Waals surface area contributed by atoms with Crippen LogP contribution in [0.3, 0.4) is 0 Å². The van der Waals surface area contributed by atoms with Gasteiger partial charge in [0, 0.05) is 37.2 Å². The van der Waals surface area contributed by atoms with E-state index in [1.807, 2.05) is 11.3 Å². The molecule has 1 nitrogen and oxygen atoms in total. The van der Waals surface area contributed by atoms with Crippen LogP contribution in [0.1, 0.15) is 0 Å². The van der Waals surface area contributed by atoms with Gasteiger partial charge in [-0.15, -0.1) is 11.3 Å². The topological polar surface area (TPSA) is 3.24 Å². The zero-order valence-corrected chi connectivity index (χ0v) is 25.9. The largest absolute Gasteiger partial charge is 0.311 e. The van der Waals surface area contributed by atoms with Crippen molar-refractivity contribution < 1.29 is 0 Å². The standard InChI is InChI=1S/C44H29NS/c1-3-9-30(10-4-1)31-17-22-37(23-18-31)45(36-11-5-2-6-12-36)38-24-19-32(20-25-38)33-21-26-39-34(27-33)15-16-35-28-42-40-13-7-8-14-43(40)46-44(42)29-41(35)39/h1-29H. The Kier molecular flexibility index (Phi) is 6.40. The highest BCUT2D eigenvalue weighted by atomic mass is 32.1. The van der Waals surface area contributed by atoms with Crippen LogP contribution in [-0.4, -0.2) is 0 Å². The molecule has 0 saturated carbocycles. The van der Waals surface area contributed by atoms with Gasteiger partial charge in [-0.05, 0) is 104 Å². The summed E-state index contributed by atoms with van der Waals surface area (Å²) in [5.41, 5.74) is 8.25. The lowest BCUT2D eigenvalue weighted by Crippen LogP contribution is -2.09. The molecule has 9 rings (SSSR count). The fraction of sp³-hybridized carbons (Fsp3) is 0. The molecule has 0 saturated heterocycles. The maximum atomic E-state index is 2.39. The van der Waals surface area contributed by atoms with Gasteiger partial charge in [-0.2, -0.15) is 0 Å². The van der Waals surface area contributed by atoms with Crippen LogP contribution in [0.4, 0.5) is 17.1 Å². The Hall–Kier alpha value is -5.70. The fourth-order valence-corrected chi connectivity index (χ4v) is 7.85. The first kappa shape index (κ1) is 26.7. The summed E-state index contributed by atoms with van der Waals surface area (Å²) in [5.74, 6) is 0. The summed E-state index contributed by atoms with van der Waals surface area (Å²) in [7, 11) is 0. The molecule has 0 bridgehead atoms. The minimum atomic E-state index is 1.13. The Morgan fingerprint density at radius 2 is 0.848 bits per heavy atom. The van der Waals surface area contributed by atoms with Crippen molar-refractivity contribution in [3.63, 3.8) is 0 Å². The molecule has 9 aromatic rings. The van der Waals surface area contributed by atoms with Gasteiger partial charge in [0.25, 0.3) is 0 Å². The van der Waals surface area contributed by atoms with Gasteiger partial charge in [0.2, 0.25) is 0 Å². The van der Waals surface area contributed by atoms with Crippen LogP contribution in [-0.2, 0) is 0 Å². The summed E-state index contributed by atoms with van der Waals surface area (Å²) < 4.78 is 2.69. The molecule has 0 aliphatic carbocycles. The monoisotopic (exact) mass is 603 g/mol. The average Bonchev–Trinajstić information content (AvgIpc) is 3.49. The van der Waals surface area contributed by atoms with Crippen molar-refractivity contribution in [1.82, 2.24) is 0 Å². The van der Waals surface area contributed by atoms with E-state index >= 15 is 0 Å². The molecule has 2 heteroatoms. The van der Waals surface area contributed by atoms with E-state index in [-0.39, 0.29) is 0 Å². The fourth-order valence-electron chi connectivity index (χ4n) is 6.73. The minimum Gasteiger partial charge on any atom is -0.311 e. The summed E-state index contributed by atoms with van der Waals surface area (Å²) in [6.45, 7) is 0. The van der Waals surface area contributed by atoms with Crippen molar-refractivity contribution in [1.29, 1.82) is 0 Å². The van der Waals surface area contributed by atoms with Crippen LogP contribution in [0.5, 0.6) is 0 Å². The number of hydrogen-bond donors (Lipinski definition) is 0. The molecule has 0 fully saturated rings. The van der Waals surface area contributed by atoms with Gasteiger partial charge >= 0.3 is 0 Å². The second-order valence-electron chi connectivity index (χ2n) is 11.8. The Labute approximate surface area is 272 Å². The van der Waals surface area contributed by atoms with E-state index in [0.717, 1.165) is 17.1 Å². The molecule has 1 aromatic heterocycles. The van der Waals surface area contributed by atoms with Crippen LogP contribution in [0.15, 0.2) is 176 Å². The van der Waals surface area contributed by atoms with Crippen molar-refractivity contribution in [2.75, 3.05) is 4.90 Å². The molecule has 0 aliphatic rings. The van der Waals surface area contributed by atoms with E-state index in [1.54, 1.807) is 0 Å². The Morgan fingerprint density at radius 1 is 0.304 bits per heavy atom. The number of anilines is 3. The molecule has 0 aliphatic heterocycles. The van der Waals surface area contributed by atoms with Crippen molar-refractivity contribution in [2.45, 2.75) is 0 Å². The maximum Gasteiger partial charge on any atom is 0.0462 e. The molecule has 0 amide bonds. The molecular weight excluding hydrogens is 575 g/mol. The number of nitrogens with zero attached hydrogens (tertiary/aromatic N) is 1. The SMILES string of the molecule is c1ccc(-c2ccc(N(c3ccccc3)c3ccc(-c4ccc5c(ccc6cc7c(cc65)sc5ccccc57)c4)cc3)cc2)cc1. The van der Waals surface area contributed by atoms with E-state index in [9.17, 15) is 0 Å². The molecule has 0 unspecified atom stereocenters. The van der Waals surface area contributed by atoms with Crippen molar-refractivity contribution in [3.05, 3.63) is 176 Å². The van der Waals surface area contributed by atoms with E-state index in [4.69, 9.17) is 0 Å². The second-order valence-corrected chi connectivity index (χ2v) is 12.9. The summed E-state index contributed by atoms with van der Waals surface area (Å²) >= 11 is 1.88. The predicted octanol–water partition coefficient (Wildman–Crippen LogP) is 13.2. The molecule has 0 atom stereocenters. The zero-order chi connectivity index (χ0) is 30.5. The number of benzene rings is 8. The van der Waals surface area contributed by atoms with Crippen LogP contribution >= 0.6 is 11.3 Å². The molecular formula is C44H29NS. The van der Waals surface area contributed by atoms with Crippen LogP contribution in [0.25, 0.3) is 64.0 Å². The minimum absolute atomic E-state index is 1.13. The van der Waals surface area contributed by atoms with Crippen molar-refractivity contribution in [3.8, 4) is 22.3 Å². The Balaban J connectivity index is 1.07. The number of para-hydroxylation sites is 1. The van der Waals surface area contributed by atoms with Crippen LogP contribution in [0.2, 0.25) is 0 Å². The third-order valence-electron chi connectivity index (χ3n) is 9.04. The third kappa shape index (κ3) is 4.63. The summed E-state index contributed by atoms with van der Waals surface area (Å²) in [4.78, 5) is 2.32. The maximum absolute atomic E-state index is 2.39. The van der Waals surface area contributed by atoms with Crippen LogP contribution < -0.4 is 4.90 Å². The summed E-state index contributed by atoms with van der Waals surface area (Å²) in [6, 6.07) is 63.8. The highest BCUT2D eigenvalue weighted by Crippen LogP contribution is 2.40. The predicted molar refractivity (Wildman–Crippen MR) is 200 cm³/mol. The first-order valence-corrected chi connectivity index (χ1v) is 16.5. The highest BCUT2D eigenvalue weighted by molar-refractivity contribution is 7.25.